The second-order valence-electron chi connectivity index (χ2n) is 16.2. The Morgan fingerprint density at radius 2 is 0.828 bits per heavy atom. The molecule has 0 N–H and O–H groups in total. The molecule has 1 aliphatic rings. The van der Waals surface area contributed by atoms with E-state index >= 15 is 0 Å². The fraction of sp³-hybridized carbons (Fsp3) is 0.0169. The van der Waals surface area contributed by atoms with Gasteiger partial charge in [-0.2, -0.15) is 5.26 Å². The number of hydrogen-bond donors (Lipinski definition) is 0. The van der Waals surface area contributed by atoms with Gasteiger partial charge in [-0.05, 0) is 85.4 Å². The van der Waals surface area contributed by atoms with Crippen LogP contribution >= 0.6 is 0 Å². The Hall–Kier alpha value is -8.72. The van der Waals surface area contributed by atoms with Gasteiger partial charge in [0.1, 0.15) is 11.5 Å². The van der Waals surface area contributed by atoms with Crippen LogP contribution in [0.15, 0.2) is 218 Å². The maximum atomic E-state index is 9.56. The normalized spacial score (nSPS) is 12.6. The quantitative estimate of drug-likeness (QED) is 0.156. The van der Waals surface area contributed by atoms with Crippen molar-refractivity contribution in [1.29, 1.82) is 5.26 Å². The molecule has 12 rings (SSSR count). The van der Waals surface area contributed by atoms with Crippen molar-refractivity contribution in [2.75, 3.05) is 0 Å². The third-order valence-corrected chi connectivity index (χ3v) is 12.7. The Morgan fingerprint density at radius 1 is 0.375 bits per heavy atom. The highest BCUT2D eigenvalue weighted by Crippen LogP contribution is 2.57. The average molecular weight is 817 g/mol. The van der Waals surface area contributed by atoms with Crippen LogP contribution < -0.4 is 4.74 Å². The highest BCUT2D eigenvalue weighted by molar-refractivity contribution is 6.25. The standard InChI is InChI=1S/C59H36N4O/c60-37-38-26-28-40(29-27-38)56-61-57(63-58(62-56)42-34-35-50-48-20-8-7-18-46(48)47-19-9-10-21-49(47)51(50)36-42)41-32-30-39(31-33-41)45-22-13-24-53-55(45)64-54-25-12-11-23-52(54)59(53,43-14-3-1-4-15-43)44-16-5-2-6-17-44/h1-36H. The fourth-order valence-corrected chi connectivity index (χ4v) is 9.76. The van der Waals surface area contributed by atoms with E-state index in [-0.39, 0.29) is 0 Å². The summed E-state index contributed by atoms with van der Waals surface area (Å²) in [5, 5.41) is 16.7. The number of fused-ring (bicyclic) bond motifs is 8. The summed E-state index contributed by atoms with van der Waals surface area (Å²) in [5.41, 5.74) is 8.99. The van der Waals surface area contributed by atoms with Gasteiger partial charge >= 0.3 is 0 Å². The number of nitriles is 1. The minimum absolute atomic E-state index is 0.527. The summed E-state index contributed by atoms with van der Waals surface area (Å²) >= 11 is 0. The van der Waals surface area contributed by atoms with Gasteiger partial charge in [-0.1, -0.05) is 182 Å². The lowest BCUT2D eigenvalue weighted by atomic mass is 9.63. The topological polar surface area (TPSA) is 71.7 Å². The molecule has 2 heterocycles. The zero-order valence-corrected chi connectivity index (χ0v) is 34.5. The molecule has 0 atom stereocenters. The average Bonchev–Trinajstić information content (AvgIpc) is 3.38. The number of para-hydroxylation sites is 2. The SMILES string of the molecule is N#Cc1ccc(-c2nc(-c3ccc(-c4cccc5c4Oc4ccccc4C5(c4ccccc4)c4ccccc4)cc3)nc(-c3ccc4c5ccccc5c5ccccc5c4c3)n2)cc1. The van der Waals surface area contributed by atoms with Crippen LogP contribution in [-0.4, -0.2) is 15.0 Å². The van der Waals surface area contributed by atoms with Gasteiger partial charge < -0.3 is 4.74 Å². The van der Waals surface area contributed by atoms with Gasteiger partial charge in [0, 0.05) is 33.4 Å². The molecule has 0 saturated heterocycles. The second-order valence-corrected chi connectivity index (χ2v) is 16.2. The molecule has 298 valence electrons. The Bertz CT molecular complexity index is 3560. The number of hydrogen-bond acceptors (Lipinski definition) is 5. The van der Waals surface area contributed by atoms with E-state index in [0.717, 1.165) is 55.8 Å². The van der Waals surface area contributed by atoms with E-state index in [4.69, 9.17) is 19.7 Å². The monoisotopic (exact) mass is 816 g/mol. The van der Waals surface area contributed by atoms with Gasteiger partial charge in [0.25, 0.3) is 0 Å². The maximum Gasteiger partial charge on any atom is 0.164 e. The van der Waals surface area contributed by atoms with Crippen molar-refractivity contribution in [1.82, 2.24) is 15.0 Å². The van der Waals surface area contributed by atoms with Gasteiger partial charge in [-0.25, -0.2) is 15.0 Å². The molecule has 11 aromatic rings. The second kappa shape index (κ2) is 15.0. The lowest BCUT2D eigenvalue weighted by Gasteiger charge is -2.42. The molecule has 0 spiro atoms. The van der Waals surface area contributed by atoms with Gasteiger partial charge in [0.05, 0.1) is 17.0 Å². The number of rotatable bonds is 6. The van der Waals surface area contributed by atoms with Crippen LogP contribution in [0.4, 0.5) is 0 Å². The molecule has 0 bridgehead atoms. The first kappa shape index (κ1) is 37.1. The smallest absolute Gasteiger partial charge is 0.164 e. The van der Waals surface area contributed by atoms with Crippen LogP contribution in [0.25, 0.3) is 77.6 Å². The molecule has 5 heteroatoms. The van der Waals surface area contributed by atoms with E-state index in [1.165, 1.54) is 38.1 Å². The molecular formula is C59H36N4O. The van der Waals surface area contributed by atoms with Crippen molar-refractivity contribution < 1.29 is 4.74 Å². The van der Waals surface area contributed by atoms with Crippen LogP contribution in [0.5, 0.6) is 11.5 Å². The molecule has 1 aromatic heterocycles. The van der Waals surface area contributed by atoms with Crippen molar-refractivity contribution >= 4 is 32.3 Å². The third-order valence-electron chi connectivity index (χ3n) is 12.7. The highest BCUT2D eigenvalue weighted by atomic mass is 16.5. The third kappa shape index (κ3) is 5.89. The Morgan fingerprint density at radius 3 is 1.42 bits per heavy atom. The first-order valence-corrected chi connectivity index (χ1v) is 21.4. The molecule has 0 aliphatic carbocycles. The van der Waals surface area contributed by atoms with Crippen LogP contribution in [0.3, 0.4) is 0 Å². The summed E-state index contributed by atoms with van der Waals surface area (Å²) < 4.78 is 6.95. The van der Waals surface area contributed by atoms with Crippen molar-refractivity contribution in [3.63, 3.8) is 0 Å². The lowest BCUT2D eigenvalue weighted by Crippen LogP contribution is -2.34. The molecule has 1 aliphatic heterocycles. The van der Waals surface area contributed by atoms with Gasteiger partial charge in [-0.15, -0.1) is 0 Å². The Kier molecular flexibility index (Phi) is 8.70. The zero-order chi connectivity index (χ0) is 42.6. The number of benzene rings is 10. The summed E-state index contributed by atoms with van der Waals surface area (Å²) in [4.78, 5) is 15.3. The predicted octanol–water partition coefficient (Wildman–Crippen LogP) is 14.4. The van der Waals surface area contributed by atoms with E-state index in [0.29, 0.717) is 23.0 Å². The van der Waals surface area contributed by atoms with Gasteiger partial charge in [0.2, 0.25) is 0 Å². The lowest BCUT2D eigenvalue weighted by molar-refractivity contribution is 0.436. The molecule has 0 amide bonds. The van der Waals surface area contributed by atoms with Crippen molar-refractivity contribution in [3.8, 4) is 62.9 Å². The van der Waals surface area contributed by atoms with Crippen LogP contribution in [0.2, 0.25) is 0 Å². The van der Waals surface area contributed by atoms with Crippen molar-refractivity contribution in [3.05, 3.63) is 246 Å². The Labute approximate surface area is 370 Å². The molecule has 64 heavy (non-hydrogen) atoms. The fourth-order valence-electron chi connectivity index (χ4n) is 9.76. The van der Waals surface area contributed by atoms with Crippen LogP contribution in [0, 0.1) is 11.3 Å². The number of ether oxygens (including phenoxy) is 1. The van der Waals surface area contributed by atoms with E-state index in [2.05, 4.69) is 194 Å². The van der Waals surface area contributed by atoms with Crippen LogP contribution in [-0.2, 0) is 5.41 Å². The van der Waals surface area contributed by atoms with Gasteiger partial charge in [-0.3, -0.25) is 0 Å². The summed E-state index contributed by atoms with van der Waals surface area (Å²) in [7, 11) is 0. The van der Waals surface area contributed by atoms with E-state index < -0.39 is 5.41 Å². The molecule has 0 fully saturated rings. The number of aromatic nitrogens is 3. The predicted molar refractivity (Wildman–Crippen MR) is 257 cm³/mol. The van der Waals surface area contributed by atoms with E-state index in [1.807, 2.05) is 18.2 Å². The molecule has 0 unspecified atom stereocenters. The molecule has 0 saturated carbocycles. The van der Waals surface area contributed by atoms with Crippen LogP contribution in [0.1, 0.15) is 27.8 Å². The maximum absolute atomic E-state index is 9.56. The van der Waals surface area contributed by atoms with E-state index in [9.17, 15) is 5.26 Å². The molecule has 5 nitrogen and oxygen atoms in total. The molecule has 10 aromatic carbocycles. The van der Waals surface area contributed by atoms with Crippen molar-refractivity contribution in [2.24, 2.45) is 0 Å². The van der Waals surface area contributed by atoms with E-state index in [1.54, 1.807) is 12.1 Å². The first-order chi connectivity index (χ1) is 31.7. The molecule has 0 radical (unpaired) electrons. The summed E-state index contributed by atoms with van der Waals surface area (Å²) in [5.74, 6) is 3.29. The minimum Gasteiger partial charge on any atom is -0.456 e. The summed E-state index contributed by atoms with van der Waals surface area (Å²) in [6.45, 7) is 0. The summed E-state index contributed by atoms with van der Waals surface area (Å²) in [6.07, 6.45) is 0. The minimum atomic E-state index is -0.617. The Balaban J connectivity index is 1.00. The van der Waals surface area contributed by atoms with Gasteiger partial charge in [0.15, 0.2) is 17.5 Å². The first-order valence-electron chi connectivity index (χ1n) is 21.4. The highest BCUT2D eigenvalue weighted by Gasteiger charge is 2.45. The zero-order valence-electron chi connectivity index (χ0n) is 34.5. The summed E-state index contributed by atoms with van der Waals surface area (Å²) in [6, 6.07) is 78.0. The molecular weight excluding hydrogens is 781 g/mol. The number of nitrogens with zero attached hydrogens (tertiary/aromatic N) is 4. The largest absolute Gasteiger partial charge is 0.456 e. The van der Waals surface area contributed by atoms with Crippen molar-refractivity contribution in [2.45, 2.75) is 5.41 Å².